The average Bonchev–Trinajstić information content (AvgIpc) is 2.98. The fraction of sp³-hybridized carbons (Fsp3) is 0.294. The second kappa shape index (κ2) is 7.02. The van der Waals surface area contributed by atoms with Gasteiger partial charge in [0.15, 0.2) is 5.78 Å². The van der Waals surface area contributed by atoms with Crippen LogP contribution in [0.15, 0.2) is 29.8 Å². The van der Waals surface area contributed by atoms with E-state index in [1.54, 1.807) is 23.7 Å². The van der Waals surface area contributed by atoms with Crippen LogP contribution in [0.3, 0.4) is 0 Å². The smallest absolute Gasteiger partial charge is 0.185 e. The second-order valence-corrected chi connectivity index (χ2v) is 6.15. The number of anilines is 1. The van der Waals surface area contributed by atoms with Gasteiger partial charge in [-0.2, -0.15) is 0 Å². The first-order valence-electron chi connectivity index (χ1n) is 7.40. The molecule has 0 bridgehead atoms. The number of hydrogen-bond acceptors (Lipinski definition) is 5. The molecule has 1 aromatic carbocycles. The van der Waals surface area contributed by atoms with Crippen LogP contribution >= 0.6 is 11.3 Å². The van der Waals surface area contributed by atoms with Crippen molar-refractivity contribution >= 4 is 28.9 Å². The highest BCUT2D eigenvalue weighted by atomic mass is 32.1. The van der Waals surface area contributed by atoms with E-state index in [4.69, 9.17) is 4.74 Å². The summed E-state index contributed by atoms with van der Waals surface area (Å²) in [6.45, 7) is 4.40. The summed E-state index contributed by atoms with van der Waals surface area (Å²) in [5.41, 5.74) is 3.48. The molecule has 0 saturated carbocycles. The van der Waals surface area contributed by atoms with Gasteiger partial charge in [-0.1, -0.05) is 0 Å². The lowest BCUT2D eigenvalue weighted by Crippen LogP contribution is -2.36. The molecule has 120 valence electrons. The number of halogens is 1. The van der Waals surface area contributed by atoms with Crippen LogP contribution in [0.4, 0.5) is 10.1 Å². The van der Waals surface area contributed by atoms with Crippen molar-refractivity contribution in [1.82, 2.24) is 4.98 Å². The SMILES string of the molecule is Cc1ncsc1/C=C/C(=O)c1ccc(N2CCOCC2)c(F)c1. The Balaban J connectivity index is 1.75. The maximum absolute atomic E-state index is 14.3. The number of nitrogens with zero attached hydrogens (tertiary/aromatic N) is 2. The molecule has 2 aromatic rings. The fourth-order valence-electron chi connectivity index (χ4n) is 2.44. The molecule has 1 aromatic heterocycles. The molecule has 3 rings (SSSR count). The number of hydrogen-bond donors (Lipinski definition) is 0. The van der Waals surface area contributed by atoms with Crippen LogP contribution in [0.5, 0.6) is 0 Å². The Morgan fingerprint density at radius 3 is 2.83 bits per heavy atom. The summed E-state index contributed by atoms with van der Waals surface area (Å²) in [6.07, 6.45) is 3.19. The number of morpholine rings is 1. The molecule has 6 heteroatoms. The fourth-order valence-corrected chi connectivity index (χ4v) is 3.13. The largest absolute Gasteiger partial charge is 0.378 e. The zero-order valence-electron chi connectivity index (χ0n) is 12.8. The Kier molecular flexibility index (Phi) is 4.83. The van der Waals surface area contributed by atoms with Crippen LogP contribution in [-0.2, 0) is 4.74 Å². The van der Waals surface area contributed by atoms with E-state index in [1.807, 2.05) is 11.8 Å². The van der Waals surface area contributed by atoms with E-state index in [0.29, 0.717) is 37.6 Å². The van der Waals surface area contributed by atoms with E-state index in [2.05, 4.69) is 4.98 Å². The van der Waals surface area contributed by atoms with Crippen molar-refractivity contribution in [3.8, 4) is 0 Å². The Hall–Kier alpha value is -2.05. The van der Waals surface area contributed by atoms with E-state index >= 15 is 0 Å². The third-order valence-corrected chi connectivity index (χ3v) is 4.65. The van der Waals surface area contributed by atoms with Gasteiger partial charge in [-0.25, -0.2) is 9.37 Å². The van der Waals surface area contributed by atoms with Gasteiger partial charge in [-0.3, -0.25) is 4.79 Å². The summed E-state index contributed by atoms with van der Waals surface area (Å²) < 4.78 is 19.6. The predicted molar refractivity (Wildman–Crippen MR) is 89.6 cm³/mol. The minimum absolute atomic E-state index is 0.217. The van der Waals surface area contributed by atoms with Crippen molar-refractivity contribution in [2.45, 2.75) is 6.92 Å². The molecule has 23 heavy (non-hydrogen) atoms. The first-order chi connectivity index (χ1) is 11.1. The summed E-state index contributed by atoms with van der Waals surface area (Å²) in [5.74, 6) is -0.592. The Labute approximate surface area is 138 Å². The maximum atomic E-state index is 14.3. The van der Waals surface area contributed by atoms with E-state index in [1.165, 1.54) is 23.5 Å². The number of aryl methyl sites for hydroxylation is 1. The van der Waals surface area contributed by atoms with Crippen LogP contribution < -0.4 is 4.90 Å². The van der Waals surface area contributed by atoms with Crippen LogP contribution in [0.2, 0.25) is 0 Å². The summed E-state index contributed by atoms with van der Waals surface area (Å²) >= 11 is 1.47. The molecule has 0 N–H and O–H groups in total. The Morgan fingerprint density at radius 1 is 1.39 bits per heavy atom. The molecule has 0 aliphatic carbocycles. The van der Waals surface area contributed by atoms with Crippen molar-refractivity contribution in [1.29, 1.82) is 0 Å². The monoisotopic (exact) mass is 332 g/mol. The van der Waals surface area contributed by atoms with Gasteiger partial charge >= 0.3 is 0 Å². The number of rotatable bonds is 4. The third-order valence-electron chi connectivity index (χ3n) is 3.75. The molecule has 0 amide bonds. The van der Waals surface area contributed by atoms with Gasteiger partial charge in [0, 0.05) is 23.5 Å². The van der Waals surface area contributed by atoms with Crippen LogP contribution in [-0.4, -0.2) is 37.1 Å². The summed E-state index contributed by atoms with van der Waals surface area (Å²) in [7, 11) is 0. The van der Waals surface area contributed by atoms with Crippen molar-refractivity contribution in [2.75, 3.05) is 31.2 Å². The van der Waals surface area contributed by atoms with Gasteiger partial charge in [0.05, 0.1) is 30.1 Å². The minimum atomic E-state index is -0.375. The van der Waals surface area contributed by atoms with Gasteiger partial charge in [-0.05, 0) is 37.3 Å². The highest BCUT2D eigenvalue weighted by Gasteiger charge is 2.16. The number of thiazole rings is 1. The summed E-state index contributed by atoms with van der Waals surface area (Å²) in [4.78, 5) is 19.2. The second-order valence-electron chi connectivity index (χ2n) is 5.27. The standard InChI is InChI=1S/C17H17FN2O2S/c1-12-17(23-11-19-12)5-4-16(21)13-2-3-15(14(18)10-13)20-6-8-22-9-7-20/h2-5,10-11H,6-9H2,1H3/b5-4+. The molecule has 0 spiro atoms. The summed E-state index contributed by atoms with van der Waals surface area (Å²) in [5, 5.41) is 0. The van der Waals surface area contributed by atoms with Gasteiger partial charge in [0.1, 0.15) is 5.82 Å². The topological polar surface area (TPSA) is 42.4 Å². The highest BCUT2D eigenvalue weighted by Crippen LogP contribution is 2.22. The zero-order valence-corrected chi connectivity index (χ0v) is 13.6. The molecular weight excluding hydrogens is 315 g/mol. The van der Waals surface area contributed by atoms with E-state index in [-0.39, 0.29) is 11.6 Å². The van der Waals surface area contributed by atoms with Gasteiger partial charge in [-0.15, -0.1) is 11.3 Å². The maximum Gasteiger partial charge on any atom is 0.185 e. The molecule has 0 unspecified atom stereocenters. The number of carbonyl (C=O) groups is 1. The number of aromatic nitrogens is 1. The van der Waals surface area contributed by atoms with Crippen LogP contribution in [0.25, 0.3) is 6.08 Å². The van der Waals surface area contributed by atoms with E-state index < -0.39 is 0 Å². The molecule has 2 heterocycles. The number of allylic oxidation sites excluding steroid dienone is 1. The first-order valence-corrected chi connectivity index (χ1v) is 8.28. The predicted octanol–water partition coefficient (Wildman–Crippen LogP) is 3.32. The third kappa shape index (κ3) is 3.65. The van der Waals surface area contributed by atoms with Gasteiger partial charge < -0.3 is 9.64 Å². The molecule has 1 aliphatic heterocycles. The number of ketones is 1. The number of ether oxygens (including phenoxy) is 1. The number of carbonyl (C=O) groups excluding carboxylic acids is 1. The normalized spacial score (nSPS) is 15.3. The molecular formula is C17H17FN2O2S. The van der Waals surface area contributed by atoms with Crippen molar-refractivity contribution in [3.05, 3.63) is 51.7 Å². The molecule has 0 atom stereocenters. The quantitative estimate of drug-likeness (QED) is 0.636. The lowest BCUT2D eigenvalue weighted by atomic mass is 10.1. The van der Waals surface area contributed by atoms with Crippen molar-refractivity contribution < 1.29 is 13.9 Å². The van der Waals surface area contributed by atoms with Crippen molar-refractivity contribution in [3.63, 3.8) is 0 Å². The van der Waals surface area contributed by atoms with E-state index in [9.17, 15) is 9.18 Å². The van der Waals surface area contributed by atoms with Crippen LogP contribution in [0, 0.1) is 12.7 Å². The van der Waals surface area contributed by atoms with Crippen molar-refractivity contribution in [2.24, 2.45) is 0 Å². The van der Waals surface area contributed by atoms with Gasteiger partial charge in [0.2, 0.25) is 0 Å². The Morgan fingerprint density at radius 2 is 2.17 bits per heavy atom. The lowest BCUT2D eigenvalue weighted by molar-refractivity contribution is 0.104. The number of benzene rings is 1. The van der Waals surface area contributed by atoms with Crippen LogP contribution in [0.1, 0.15) is 20.9 Å². The first kappa shape index (κ1) is 15.8. The molecule has 4 nitrogen and oxygen atoms in total. The Bertz CT molecular complexity index is 736. The summed E-state index contributed by atoms with van der Waals surface area (Å²) in [6, 6.07) is 4.64. The zero-order chi connectivity index (χ0) is 16.2. The minimum Gasteiger partial charge on any atom is -0.378 e. The highest BCUT2D eigenvalue weighted by molar-refractivity contribution is 7.10. The molecule has 1 saturated heterocycles. The average molecular weight is 332 g/mol. The van der Waals surface area contributed by atoms with E-state index in [0.717, 1.165) is 10.6 Å². The lowest BCUT2D eigenvalue weighted by Gasteiger charge is -2.29. The molecule has 1 aliphatic rings. The molecule has 0 radical (unpaired) electrons. The van der Waals surface area contributed by atoms with Gasteiger partial charge in [0.25, 0.3) is 0 Å². The molecule has 1 fully saturated rings.